The fourth-order valence-corrected chi connectivity index (χ4v) is 3.38. The molecule has 0 unspecified atom stereocenters. The number of aryl methyl sites for hydroxylation is 1. The van der Waals surface area contributed by atoms with E-state index in [-0.39, 0.29) is 23.5 Å². The van der Waals surface area contributed by atoms with E-state index in [1.54, 1.807) is 13.8 Å². The van der Waals surface area contributed by atoms with Crippen LogP contribution >= 0.6 is 0 Å². The van der Waals surface area contributed by atoms with Crippen LogP contribution in [0.4, 0.5) is 0 Å². The summed E-state index contributed by atoms with van der Waals surface area (Å²) in [6.07, 6.45) is 0.742. The molecular weight excluding hydrogens is 390 g/mol. The summed E-state index contributed by atoms with van der Waals surface area (Å²) in [5.41, 5.74) is 3.96. The molecular formula is C25H25N3O3. The quantitative estimate of drug-likeness (QED) is 0.587. The number of carbonyl (C=O) groups excluding carboxylic acids is 1. The molecule has 158 valence electrons. The second-order valence-electron chi connectivity index (χ2n) is 7.36. The molecule has 1 aromatic heterocycles. The largest absolute Gasteiger partial charge is 0.489 e. The first kappa shape index (κ1) is 21.8. The normalized spacial score (nSPS) is 10.4. The van der Waals surface area contributed by atoms with Gasteiger partial charge in [0.1, 0.15) is 24.0 Å². The van der Waals surface area contributed by atoms with Crippen LogP contribution in [-0.2, 0) is 24.4 Å². The van der Waals surface area contributed by atoms with Gasteiger partial charge in [0.15, 0.2) is 0 Å². The van der Waals surface area contributed by atoms with Crippen molar-refractivity contribution in [2.24, 2.45) is 0 Å². The van der Waals surface area contributed by atoms with Gasteiger partial charge in [-0.2, -0.15) is 5.26 Å². The van der Waals surface area contributed by atoms with Crippen LogP contribution in [0.15, 0.2) is 59.4 Å². The van der Waals surface area contributed by atoms with Crippen LogP contribution in [0.3, 0.4) is 0 Å². The van der Waals surface area contributed by atoms with E-state index in [1.807, 2.05) is 60.7 Å². The number of rotatable bonds is 8. The van der Waals surface area contributed by atoms with Crippen LogP contribution in [-0.4, -0.2) is 10.9 Å². The summed E-state index contributed by atoms with van der Waals surface area (Å²) in [4.78, 5) is 26.8. The summed E-state index contributed by atoms with van der Waals surface area (Å²) in [5, 5.41) is 12.1. The number of H-pyrrole nitrogens is 1. The van der Waals surface area contributed by atoms with Crippen molar-refractivity contribution in [3.63, 3.8) is 0 Å². The van der Waals surface area contributed by atoms with Gasteiger partial charge in [-0.3, -0.25) is 9.59 Å². The van der Waals surface area contributed by atoms with Crippen molar-refractivity contribution in [1.29, 1.82) is 5.26 Å². The highest BCUT2D eigenvalue weighted by Gasteiger charge is 2.13. The van der Waals surface area contributed by atoms with Gasteiger partial charge in [-0.25, -0.2) is 0 Å². The number of pyridine rings is 1. The third-order valence-electron chi connectivity index (χ3n) is 5.18. The van der Waals surface area contributed by atoms with Gasteiger partial charge in [0.25, 0.3) is 5.56 Å². The van der Waals surface area contributed by atoms with E-state index in [1.165, 1.54) is 0 Å². The summed E-state index contributed by atoms with van der Waals surface area (Å²) in [6, 6.07) is 19.5. The minimum Gasteiger partial charge on any atom is -0.489 e. The third kappa shape index (κ3) is 5.83. The number of nitriles is 1. The monoisotopic (exact) mass is 415 g/mol. The Hall–Kier alpha value is -3.85. The van der Waals surface area contributed by atoms with Gasteiger partial charge in [-0.15, -0.1) is 0 Å². The average molecular weight is 415 g/mol. The van der Waals surface area contributed by atoms with E-state index < -0.39 is 0 Å². The lowest BCUT2D eigenvalue weighted by Crippen LogP contribution is -2.24. The van der Waals surface area contributed by atoms with Crippen LogP contribution < -0.4 is 15.6 Å². The number of ether oxygens (including phenoxy) is 1. The zero-order chi connectivity index (χ0) is 22.2. The van der Waals surface area contributed by atoms with Gasteiger partial charge >= 0.3 is 0 Å². The van der Waals surface area contributed by atoms with Gasteiger partial charge in [0.05, 0.1) is 0 Å². The minimum atomic E-state index is -0.386. The number of hydrogen-bond donors (Lipinski definition) is 2. The maximum absolute atomic E-state index is 12.3. The molecule has 1 amide bonds. The first-order valence-corrected chi connectivity index (χ1v) is 10.1. The number of nitrogens with zero attached hydrogens (tertiary/aromatic N) is 1. The molecule has 6 nitrogen and oxygen atoms in total. The number of para-hydroxylation sites is 1. The summed E-state index contributed by atoms with van der Waals surface area (Å²) in [5.74, 6) is 0.744. The van der Waals surface area contributed by atoms with Crippen molar-refractivity contribution >= 4 is 5.91 Å². The standard InChI is InChI=1S/C25H25N3O3/c1-17-22(18(2)28-25(30)23(17)14-26)12-13-24(29)27-15-19-8-10-20(11-9-19)16-31-21-6-4-3-5-7-21/h3-11H,12-13,15-16H2,1-2H3,(H,27,29)(H,28,30). The molecule has 0 saturated heterocycles. The summed E-state index contributed by atoms with van der Waals surface area (Å²) in [6.45, 7) is 4.45. The molecule has 0 bridgehead atoms. The Balaban J connectivity index is 1.49. The predicted molar refractivity (Wildman–Crippen MR) is 119 cm³/mol. The summed E-state index contributed by atoms with van der Waals surface area (Å²) in [7, 11) is 0. The zero-order valence-corrected chi connectivity index (χ0v) is 17.7. The van der Waals surface area contributed by atoms with Crippen LogP contribution in [0.25, 0.3) is 0 Å². The van der Waals surface area contributed by atoms with Crippen molar-refractivity contribution in [3.05, 3.63) is 98.5 Å². The lowest BCUT2D eigenvalue weighted by atomic mass is 9.99. The Kier molecular flexibility index (Phi) is 7.23. The average Bonchev–Trinajstić information content (AvgIpc) is 2.77. The van der Waals surface area contributed by atoms with Crippen molar-refractivity contribution in [2.75, 3.05) is 0 Å². The molecule has 3 rings (SSSR count). The van der Waals surface area contributed by atoms with Crippen molar-refractivity contribution in [2.45, 2.75) is 39.8 Å². The fourth-order valence-electron chi connectivity index (χ4n) is 3.38. The second kappa shape index (κ2) is 10.3. The molecule has 0 aliphatic heterocycles. The lowest BCUT2D eigenvalue weighted by molar-refractivity contribution is -0.121. The maximum Gasteiger partial charge on any atom is 0.266 e. The molecule has 1 heterocycles. The van der Waals surface area contributed by atoms with Crippen molar-refractivity contribution in [1.82, 2.24) is 10.3 Å². The van der Waals surface area contributed by atoms with Crippen molar-refractivity contribution in [3.8, 4) is 11.8 Å². The number of hydrogen-bond acceptors (Lipinski definition) is 4. The number of aromatic amines is 1. The molecule has 2 N–H and O–H groups in total. The molecule has 0 atom stereocenters. The molecule has 31 heavy (non-hydrogen) atoms. The van der Waals surface area contributed by atoms with E-state index in [0.29, 0.717) is 30.8 Å². The molecule has 6 heteroatoms. The number of amides is 1. The van der Waals surface area contributed by atoms with Gasteiger partial charge in [-0.05, 0) is 54.7 Å². The van der Waals surface area contributed by atoms with E-state index in [2.05, 4.69) is 10.3 Å². The Morgan fingerprint density at radius 2 is 1.74 bits per heavy atom. The van der Waals surface area contributed by atoms with Gasteiger partial charge < -0.3 is 15.0 Å². The SMILES string of the molecule is Cc1[nH]c(=O)c(C#N)c(C)c1CCC(=O)NCc1ccc(COc2ccccc2)cc1. The number of carbonyl (C=O) groups is 1. The Labute approximate surface area is 181 Å². The van der Waals surface area contributed by atoms with E-state index in [9.17, 15) is 9.59 Å². The fraction of sp³-hybridized carbons (Fsp3) is 0.240. The third-order valence-corrected chi connectivity index (χ3v) is 5.18. The van der Waals surface area contributed by atoms with E-state index in [4.69, 9.17) is 10.00 Å². The Morgan fingerprint density at radius 3 is 2.42 bits per heavy atom. The van der Waals surface area contributed by atoms with Gasteiger partial charge in [-0.1, -0.05) is 42.5 Å². The van der Waals surface area contributed by atoms with Gasteiger partial charge in [0.2, 0.25) is 5.91 Å². The molecule has 2 aromatic carbocycles. The maximum atomic E-state index is 12.3. The molecule has 0 saturated carbocycles. The highest BCUT2D eigenvalue weighted by molar-refractivity contribution is 5.76. The molecule has 0 aliphatic carbocycles. The first-order valence-electron chi connectivity index (χ1n) is 10.1. The predicted octanol–water partition coefficient (Wildman–Crippen LogP) is 3.69. The van der Waals surface area contributed by atoms with E-state index >= 15 is 0 Å². The Morgan fingerprint density at radius 1 is 1.06 bits per heavy atom. The molecule has 0 spiro atoms. The highest BCUT2D eigenvalue weighted by atomic mass is 16.5. The molecule has 3 aromatic rings. The minimum absolute atomic E-state index is 0.0833. The highest BCUT2D eigenvalue weighted by Crippen LogP contribution is 2.15. The Bertz CT molecular complexity index is 1140. The molecule has 0 fully saturated rings. The van der Waals surface area contributed by atoms with Crippen molar-refractivity contribution < 1.29 is 9.53 Å². The zero-order valence-electron chi connectivity index (χ0n) is 17.7. The smallest absolute Gasteiger partial charge is 0.266 e. The lowest BCUT2D eigenvalue weighted by Gasteiger charge is -2.11. The second-order valence-corrected chi connectivity index (χ2v) is 7.36. The van der Waals surface area contributed by atoms with Gasteiger partial charge in [0, 0.05) is 18.7 Å². The number of aromatic nitrogens is 1. The van der Waals surface area contributed by atoms with Crippen LogP contribution in [0, 0.1) is 25.2 Å². The molecule has 0 radical (unpaired) electrons. The number of nitrogens with one attached hydrogen (secondary N) is 2. The first-order chi connectivity index (χ1) is 15.0. The summed E-state index contributed by atoms with van der Waals surface area (Å²) < 4.78 is 5.74. The van der Waals surface area contributed by atoms with Crippen LogP contribution in [0.1, 0.15) is 39.9 Å². The topological polar surface area (TPSA) is 95.0 Å². The summed E-state index contributed by atoms with van der Waals surface area (Å²) >= 11 is 0. The van der Waals surface area contributed by atoms with E-state index in [0.717, 1.165) is 22.4 Å². The molecule has 0 aliphatic rings. The van der Waals surface area contributed by atoms with Crippen LogP contribution in [0.5, 0.6) is 5.75 Å². The van der Waals surface area contributed by atoms with Crippen LogP contribution in [0.2, 0.25) is 0 Å². The number of benzene rings is 2.